The number of alkyl halides is 3. The number of hydrogen-bond acceptors (Lipinski definition) is 3. The van der Waals surface area contributed by atoms with Crippen LogP contribution in [0.2, 0.25) is 0 Å². The van der Waals surface area contributed by atoms with E-state index < -0.39 is 18.6 Å². The largest absolute Gasteiger partial charge is 0.484 e. The fourth-order valence-electron chi connectivity index (χ4n) is 2.46. The first-order valence-corrected chi connectivity index (χ1v) is 8.64. The smallest absolute Gasteiger partial charge is 0.422 e. The third-order valence-electron chi connectivity index (χ3n) is 3.90. The van der Waals surface area contributed by atoms with Gasteiger partial charge in [0.2, 0.25) is 0 Å². The highest BCUT2D eigenvalue weighted by Crippen LogP contribution is 2.23. The molecule has 0 aliphatic carbocycles. The first kappa shape index (κ1) is 25.5. The highest BCUT2D eigenvalue weighted by molar-refractivity contribution is 14.0. The van der Waals surface area contributed by atoms with Gasteiger partial charge in [-0.1, -0.05) is 12.1 Å². The van der Waals surface area contributed by atoms with Gasteiger partial charge >= 0.3 is 6.18 Å². The molecule has 2 aromatic rings. The van der Waals surface area contributed by atoms with Crippen LogP contribution in [0.5, 0.6) is 5.75 Å². The van der Waals surface area contributed by atoms with E-state index in [1.54, 1.807) is 19.1 Å². The van der Waals surface area contributed by atoms with E-state index in [0.29, 0.717) is 17.1 Å². The first-order valence-electron chi connectivity index (χ1n) is 8.64. The van der Waals surface area contributed by atoms with Crippen molar-refractivity contribution in [3.63, 3.8) is 0 Å². The molecule has 2 N–H and O–H groups in total. The summed E-state index contributed by atoms with van der Waals surface area (Å²) in [4.78, 5) is 4.01. The fraction of sp³-hybridized carbons (Fsp3) is 0.300. The third kappa shape index (κ3) is 8.06. The van der Waals surface area contributed by atoms with Crippen LogP contribution < -0.4 is 15.4 Å². The Morgan fingerprint density at radius 1 is 1.10 bits per heavy atom. The van der Waals surface area contributed by atoms with E-state index in [2.05, 4.69) is 15.6 Å². The third-order valence-corrected chi connectivity index (χ3v) is 3.90. The van der Waals surface area contributed by atoms with Crippen molar-refractivity contribution in [2.75, 3.05) is 13.7 Å². The molecule has 0 amide bonds. The van der Waals surface area contributed by atoms with Crippen LogP contribution in [0.4, 0.5) is 17.6 Å². The van der Waals surface area contributed by atoms with E-state index in [0.717, 1.165) is 5.56 Å². The average Bonchev–Trinajstić information content (AvgIpc) is 2.68. The lowest BCUT2D eigenvalue weighted by molar-refractivity contribution is -0.153. The molecule has 30 heavy (non-hydrogen) atoms. The van der Waals surface area contributed by atoms with Crippen molar-refractivity contribution in [1.29, 1.82) is 5.26 Å². The molecule has 0 aliphatic heterocycles. The van der Waals surface area contributed by atoms with Gasteiger partial charge in [0, 0.05) is 31.3 Å². The molecule has 0 aromatic heterocycles. The summed E-state index contributed by atoms with van der Waals surface area (Å²) < 4.78 is 56.2. The van der Waals surface area contributed by atoms with Crippen molar-refractivity contribution in [2.24, 2.45) is 4.99 Å². The Labute approximate surface area is 189 Å². The number of benzene rings is 2. The number of guanidine groups is 1. The summed E-state index contributed by atoms with van der Waals surface area (Å²) in [7, 11) is 1.51. The van der Waals surface area contributed by atoms with E-state index in [1.807, 2.05) is 6.07 Å². The second-order valence-corrected chi connectivity index (χ2v) is 6.21. The Morgan fingerprint density at radius 3 is 2.37 bits per heavy atom. The molecule has 162 valence electrons. The normalized spacial score (nSPS) is 11.3. The molecular formula is C20H21F4IN4O. The summed E-state index contributed by atoms with van der Waals surface area (Å²) in [6.45, 7) is 0.590. The molecule has 0 unspecified atom stereocenters. The molecule has 0 aliphatic rings. The summed E-state index contributed by atoms with van der Waals surface area (Å²) in [6.07, 6.45) is -4.44. The molecule has 2 aromatic carbocycles. The lowest BCUT2D eigenvalue weighted by atomic mass is 10.1. The maximum Gasteiger partial charge on any atom is 0.422 e. The van der Waals surface area contributed by atoms with Crippen LogP contribution in [0.25, 0.3) is 0 Å². The number of halogens is 5. The first-order chi connectivity index (χ1) is 13.7. The average molecular weight is 536 g/mol. The van der Waals surface area contributed by atoms with Gasteiger partial charge in [0.25, 0.3) is 0 Å². The zero-order chi connectivity index (χ0) is 21.4. The highest BCUT2D eigenvalue weighted by Gasteiger charge is 2.28. The maximum absolute atomic E-state index is 13.9. The van der Waals surface area contributed by atoms with E-state index in [9.17, 15) is 17.6 Å². The van der Waals surface area contributed by atoms with Crippen LogP contribution in [-0.2, 0) is 13.1 Å². The Bertz CT molecular complexity index is 926. The zero-order valence-electron chi connectivity index (χ0n) is 16.3. The predicted molar refractivity (Wildman–Crippen MR) is 116 cm³/mol. The van der Waals surface area contributed by atoms with Crippen molar-refractivity contribution in [3.05, 3.63) is 64.5 Å². The van der Waals surface area contributed by atoms with Gasteiger partial charge in [0.15, 0.2) is 12.6 Å². The summed E-state index contributed by atoms with van der Waals surface area (Å²) in [5.41, 5.74) is 1.90. The molecule has 5 nitrogen and oxygen atoms in total. The fourth-order valence-corrected chi connectivity index (χ4v) is 2.46. The summed E-state index contributed by atoms with van der Waals surface area (Å²) in [6, 6.07) is 10.9. The van der Waals surface area contributed by atoms with Crippen molar-refractivity contribution >= 4 is 29.9 Å². The van der Waals surface area contributed by atoms with Crippen LogP contribution in [0, 0.1) is 24.1 Å². The molecule has 0 saturated heterocycles. The summed E-state index contributed by atoms with van der Waals surface area (Å²) in [5, 5.41) is 14.8. The molecule has 0 heterocycles. The SMILES string of the molecule is CN=C(NCc1cc(C#N)ccc1F)NCc1ccc(C)cc1OCC(F)(F)F.I. The van der Waals surface area contributed by atoms with Gasteiger partial charge in [0.1, 0.15) is 11.6 Å². The molecule has 10 heteroatoms. The highest BCUT2D eigenvalue weighted by atomic mass is 127. The zero-order valence-corrected chi connectivity index (χ0v) is 18.6. The minimum atomic E-state index is -4.44. The number of nitriles is 1. The van der Waals surface area contributed by atoms with Crippen LogP contribution >= 0.6 is 24.0 Å². The van der Waals surface area contributed by atoms with Crippen LogP contribution in [0.3, 0.4) is 0 Å². The van der Waals surface area contributed by atoms with Gasteiger partial charge in [-0.25, -0.2) is 4.39 Å². The number of ether oxygens (including phenoxy) is 1. The van der Waals surface area contributed by atoms with Gasteiger partial charge in [0.05, 0.1) is 11.6 Å². The standard InChI is InChI=1S/C20H20F4N4O.HI/c1-13-3-5-15(18(7-13)29-12-20(22,23)24)10-27-19(26-2)28-11-16-8-14(9-25)4-6-17(16)21;/h3-8H,10-12H2,1-2H3,(H2,26,27,28);1H. The molecule has 2 rings (SSSR count). The number of hydrogen-bond donors (Lipinski definition) is 2. The van der Waals surface area contributed by atoms with Crippen LogP contribution in [0.1, 0.15) is 22.3 Å². The predicted octanol–water partition coefficient (Wildman–Crippen LogP) is 4.43. The molecule has 0 fully saturated rings. The van der Waals surface area contributed by atoms with Gasteiger partial charge in [-0.3, -0.25) is 4.99 Å². The van der Waals surface area contributed by atoms with Crippen molar-refractivity contribution < 1.29 is 22.3 Å². The quantitative estimate of drug-likeness (QED) is 0.248. The van der Waals surface area contributed by atoms with Crippen molar-refractivity contribution in [2.45, 2.75) is 26.2 Å². The number of aryl methyl sites for hydroxylation is 1. The second kappa shape index (κ2) is 11.6. The number of nitrogens with zero attached hydrogens (tertiary/aromatic N) is 2. The summed E-state index contributed by atoms with van der Waals surface area (Å²) in [5.74, 6) is -0.0273. The van der Waals surface area contributed by atoms with Gasteiger partial charge in [-0.05, 0) is 36.8 Å². The molecule has 0 atom stereocenters. The topological polar surface area (TPSA) is 69.4 Å². The maximum atomic E-state index is 13.9. The van der Waals surface area contributed by atoms with Crippen LogP contribution in [-0.4, -0.2) is 25.8 Å². The molecular weight excluding hydrogens is 515 g/mol. The lowest BCUT2D eigenvalue weighted by Crippen LogP contribution is -2.36. The van der Waals surface area contributed by atoms with Gasteiger partial charge in [-0.15, -0.1) is 24.0 Å². The Hall–Kier alpha value is -2.55. The van der Waals surface area contributed by atoms with E-state index >= 15 is 0 Å². The molecule has 0 bridgehead atoms. The van der Waals surface area contributed by atoms with Crippen LogP contribution in [0.15, 0.2) is 41.4 Å². The van der Waals surface area contributed by atoms with E-state index in [-0.39, 0.29) is 48.4 Å². The Balaban J connectivity index is 0.00000450. The summed E-state index contributed by atoms with van der Waals surface area (Å²) >= 11 is 0. The lowest BCUT2D eigenvalue weighted by Gasteiger charge is -2.16. The Morgan fingerprint density at radius 2 is 1.77 bits per heavy atom. The van der Waals surface area contributed by atoms with Gasteiger partial charge in [-0.2, -0.15) is 18.4 Å². The van der Waals surface area contributed by atoms with Gasteiger partial charge < -0.3 is 15.4 Å². The van der Waals surface area contributed by atoms with E-state index in [1.165, 1.54) is 31.3 Å². The second-order valence-electron chi connectivity index (χ2n) is 6.21. The molecule has 0 spiro atoms. The minimum absolute atomic E-state index is 0. The molecule has 0 radical (unpaired) electrons. The number of rotatable bonds is 6. The van der Waals surface area contributed by atoms with Crippen molar-refractivity contribution in [3.8, 4) is 11.8 Å². The number of nitrogens with one attached hydrogen (secondary N) is 2. The minimum Gasteiger partial charge on any atom is -0.484 e. The van der Waals surface area contributed by atoms with E-state index in [4.69, 9.17) is 10.00 Å². The Kier molecular flexibility index (Phi) is 9.84. The number of aliphatic imine (C=N–C) groups is 1. The monoisotopic (exact) mass is 536 g/mol. The van der Waals surface area contributed by atoms with Crippen molar-refractivity contribution in [1.82, 2.24) is 10.6 Å². The molecule has 0 saturated carbocycles.